The summed E-state index contributed by atoms with van der Waals surface area (Å²) in [5.41, 5.74) is 8.44. The molecular formula is C20H27N7O2. The number of amides is 2. The number of pyridine rings is 1. The van der Waals surface area contributed by atoms with Crippen LogP contribution in [0.4, 0.5) is 0 Å². The summed E-state index contributed by atoms with van der Waals surface area (Å²) in [5, 5.41) is 2.31. The smallest absolute Gasteiger partial charge is 0.269 e. The van der Waals surface area contributed by atoms with Crippen LogP contribution in [0.2, 0.25) is 0 Å². The molecule has 0 radical (unpaired) electrons. The van der Waals surface area contributed by atoms with Gasteiger partial charge in [-0.05, 0) is 24.1 Å². The number of hydrogen-bond acceptors (Lipinski definition) is 6. The van der Waals surface area contributed by atoms with Crippen LogP contribution in [0, 0.1) is 0 Å². The molecule has 0 atom stereocenters. The van der Waals surface area contributed by atoms with Crippen LogP contribution in [0.1, 0.15) is 29.0 Å². The van der Waals surface area contributed by atoms with E-state index in [4.69, 9.17) is 11.6 Å². The van der Waals surface area contributed by atoms with Gasteiger partial charge in [0.2, 0.25) is 5.91 Å². The largest absolute Gasteiger partial charge is 0.403 e. The number of carbonyl (C=O) groups is 2. The van der Waals surface area contributed by atoms with Crippen molar-refractivity contribution in [2.24, 2.45) is 11.6 Å². The summed E-state index contributed by atoms with van der Waals surface area (Å²) < 4.78 is 0. The lowest BCUT2D eigenvalue weighted by Gasteiger charge is -2.28. The zero-order valence-corrected chi connectivity index (χ0v) is 16.8. The Morgan fingerprint density at radius 1 is 1.34 bits per heavy atom. The zero-order chi connectivity index (χ0) is 21.0. The Labute approximate surface area is 169 Å². The molecule has 0 saturated heterocycles. The van der Waals surface area contributed by atoms with Gasteiger partial charge in [0.1, 0.15) is 5.69 Å². The molecule has 0 spiro atoms. The van der Waals surface area contributed by atoms with Gasteiger partial charge in [0.15, 0.2) is 0 Å². The molecule has 9 nitrogen and oxygen atoms in total. The maximum absolute atomic E-state index is 12.5. The summed E-state index contributed by atoms with van der Waals surface area (Å²) in [5.74, 6) is 5.67. The number of nitrogens with zero attached hydrogens (tertiary/aromatic N) is 4. The van der Waals surface area contributed by atoms with Gasteiger partial charge >= 0.3 is 0 Å². The van der Waals surface area contributed by atoms with Gasteiger partial charge in [-0.15, -0.1) is 0 Å². The topological polar surface area (TPSA) is 125 Å². The van der Waals surface area contributed by atoms with Gasteiger partial charge < -0.3 is 25.5 Å². The summed E-state index contributed by atoms with van der Waals surface area (Å²) in [4.78, 5) is 35.7. The summed E-state index contributed by atoms with van der Waals surface area (Å²) in [7, 11) is 3.43. The van der Waals surface area contributed by atoms with E-state index in [0.717, 1.165) is 28.6 Å². The third-order valence-electron chi connectivity index (χ3n) is 4.84. The number of rotatable bonds is 6. The Morgan fingerprint density at radius 3 is 2.86 bits per heavy atom. The molecule has 2 aromatic heterocycles. The van der Waals surface area contributed by atoms with Crippen LogP contribution in [0.25, 0.3) is 16.5 Å². The van der Waals surface area contributed by atoms with E-state index in [0.29, 0.717) is 31.7 Å². The van der Waals surface area contributed by atoms with Crippen molar-refractivity contribution in [3.63, 3.8) is 0 Å². The highest BCUT2D eigenvalue weighted by molar-refractivity contribution is 5.98. The summed E-state index contributed by atoms with van der Waals surface area (Å²) in [6.45, 7) is 1.58. The maximum Gasteiger partial charge on any atom is 0.269 e. The second-order valence-electron chi connectivity index (χ2n) is 7.20. The molecule has 3 heterocycles. The van der Waals surface area contributed by atoms with Crippen LogP contribution in [0.3, 0.4) is 0 Å². The van der Waals surface area contributed by atoms with Crippen molar-refractivity contribution in [1.82, 2.24) is 24.8 Å². The van der Waals surface area contributed by atoms with E-state index >= 15 is 0 Å². The van der Waals surface area contributed by atoms with Gasteiger partial charge in [-0.2, -0.15) is 0 Å². The lowest BCUT2D eigenvalue weighted by Crippen LogP contribution is -2.38. The minimum Gasteiger partial charge on any atom is -0.403 e. The normalized spacial score (nSPS) is 14.3. The number of aromatic amines is 1. The van der Waals surface area contributed by atoms with E-state index in [9.17, 15) is 9.59 Å². The Hall–Kier alpha value is -3.33. The zero-order valence-electron chi connectivity index (χ0n) is 16.8. The lowest BCUT2D eigenvalue weighted by molar-refractivity contribution is -0.130. The second-order valence-corrected chi connectivity index (χ2v) is 7.20. The predicted octanol–water partition coefficient (Wildman–Crippen LogP) is 0.876. The van der Waals surface area contributed by atoms with Crippen LogP contribution in [0.5, 0.6) is 0 Å². The highest BCUT2D eigenvalue weighted by Crippen LogP contribution is 2.24. The highest BCUT2D eigenvalue weighted by Gasteiger charge is 2.20. The third kappa shape index (κ3) is 4.75. The molecule has 5 N–H and O–H groups in total. The predicted molar refractivity (Wildman–Crippen MR) is 112 cm³/mol. The molecule has 2 amide bonds. The molecule has 0 bridgehead atoms. The van der Waals surface area contributed by atoms with E-state index in [2.05, 4.69) is 16.0 Å². The minimum absolute atomic E-state index is 0.0399. The van der Waals surface area contributed by atoms with E-state index in [-0.39, 0.29) is 11.8 Å². The molecule has 1 aliphatic rings. The number of hydrazine groups is 1. The number of aromatic nitrogens is 2. The average Bonchev–Trinajstić information content (AvgIpc) is 3.15. The number of hydrogen-bond donors (Lipinski definition) is 3. The van der Waals surface area contributed by atoms with E-state index in [1.807, 2.05) is 17.0 Å². The van der Waals surface area contributed by atoms with Crippen molar-refractivity contribution in [3.8, 4) is 0 Å². The molecule has 154 valence electrons. The minimum atomic E-state index is -0.0881. The fourth-order valence-electron chi connectivity index (χ4n) is 3.27. The van der Waals surface area contributed by atoms with Crippen molar-refractivity contribution in [3.05, 3.63) is 48.2 Å². The molecule has 3 rings (SSSR count). The van der Waals surface area contributed by atoms with Crippen LogP contribution < -0.4 is 11.6 Å². The maximum atomic E-state index is 12.5. The lowest BCUT2D eigenvalue weighted by atomic mass is 10.0. The first kappa shape index (κ1) is 20.4. The number of fused-ring (bicyclic) bond motifs is 1. The molecule has 2 aromatic rings. The van der Waals surface area contributed by atoms with Crippen molar-refractivity contribution < 1.29 is 9.59 Å². The third-order valence-corrected chi connectivity index (χ3v) is 4.84. The number of H-pyrrole nitrogens is 1. The van der Waals surface area contributed by atoms with Crippen LogP contribution >= 0.6 is 0 Å². The summed E-state index contributed by atoms with van der Waals surface area (Å²) in [6, 6.07) is 3.78. The monoisotopic (exact) mass is 397 g/mol. The Bertz CT molecular complexity index is 961. The summed E-state index contributed by atoms with van der Waals surface area (Å²) >= 11 is 0. The van der Waals surface area contributed by atoms with Crippen LogP contribution in [-0.4, -0.2) is 70.3 Å². The first-order valence-corrected chi connectivity index (χ1v) is 9.46. The van der Waals surface area contributed by atoms with Crippen molar-refractivity contribution in [2.75, 3.05) is 33.7 Å². The SMILES string of the molecule is CN(C)C(=O)c1cc2cc(C3=CCCN(C(=O)CCN(N)/C=C\N)C3)ncc2[nH]1. The molecule has 0 unspecified atom stereocenters. The van der Waals surface area contributed by atoms with Crippen LogP contribution in [0.15, 0.2) is 36.8 Å². The number of carbonyl (C=O) groups excluding carboxylic acids is 2. The summed E-state index contributed by atoms with van der Waals surface area (Å²) in [6.07, 6.45) is 7.79. The van der Waals surface area contributed by atoms with Crippen molar-refractivity contribution >= 4 is 28.3 Å². The van der Waals surface area contributed by atoms with Gasteiger partial charge in [0.25, 0.3) is 5.91 Å². The Balaban J connectivity index is 1.71. The van der Waals surface area contributed by atoms with Crippen molar-refractivity contribution in [1.29, 1.82) is 0 Å². The second kappa shape index (κ2) is 8.78. The highest BCUT2D eigenvalue weighted by atomic mass is 16.2. The standard InChI is InChI=1S/C20H27N7O2/c1-25(2)20(29)17-11-15-10-16(23-12-18(15)24-17)14-4-3-7-26(13-14)19(28)5-8-27(22)9-6-21/h4,6,9-12,24H,3,5,7-8,13,21-22H2,1-2H3/b9-6-. The van der Waals surface area contributed by atoms with Crippen molar-refractivity contribution in [2.45, 2.75) is 12.8 Å². The Morgan fingerprint density at radius 2 is 2.14 bits per heavy atom. The number of nitrogens with two attached hydrogens (primary N) is 2. The molecular weight excluding hydrogens is 370 g/mol. The molecule has 29 heavy (non-hydrogen) atoms. The van der Waals surface area contributed by atoms with Gasteiger partial charge in [-0.1, -0.05) is 6.08 Å². The average molecular weight is 397 g/mol. The fraction of sp³-hybridized carbons (Fsp3) is 0.350. The molecule has 1 aliphatic heterocycles. The van der Waals surface area contributed by atoms with Gasteiger partial charge in [0.05, 0.1) is 17.4 Å². The van der Waals surface area contributed by atoms with Crippen LogP contribution in [-0.2, 0) is 4.79 Å². The first-order chi connectivity index (χ1) is 13.9. The number of nitrogens with one attached hydrogen (secondary N) is 1. The van der Waals surface area contributed by atoms with E-state index in [1.165, 1.54) is 22.3 Å². The fourth-order valence-corrected chi connectivity index (χ4v) is 3.27. The molecule has 9 heteroatoms. The molecule has 0 aromatic carbocycles. The molecule has 0 saturated carbocycles. The van der Waals surface area contributed by atoms with Gasteiger partial charge in [-0.25, -0.2) is 5.84 Å². The van der Waals surface area contributed by atoms with Gasteiger partial charge in [-0.3, -0.25) is 14.6 Å². The Kier molecular flexibility index (Phi) is 6.18. The molecule has 0 aliphatic carbocycles. The quantitative estimate of drug-likeness (QED) is 0.491. The first-order valence-electron chi connectivity index (χ1n) is 9.46. The molecule has 0 fully saturated rings. The van der Waals surface area contributed by atoms with E-state index in [1.54, 1.807) is 20.3 Å². The van der Waals surface area contributed by atoms with Gasteiger partial charge in [0, 0.05) is 57.9 Å². The van der Waals surface area contributed by atoms with E-state index < -0.39 is 0 Å².